The minimum absolute atomic E-state index is 0.00880. The summed E-state index contributed by atoms with van der Waals surface area (Å²) in [6.45, 7) is 3.58. The lowest BCUT2D eigenvalue weighted by molar-refractivity contribution is -0.161. The normalized spacial score (nSPS) is 12.2. The molecule has 0 saturated carbocycles. The van der Waals surface area contributed by atoms with Gasteiger partial charge in [0.15, 0.2) is 6.10 Å². The first-order valence-corrected chi connectivity index (χ1v) is 17.5. The second-order valence-electron chi connectivity index (χ2n) is 10.9. The molecule has 1 amide bonds. The number of ether oxygens (including phenoxy) is 2. The van der Waals surface area contributed by atoms with Crippen LogP contribution >= 0.6 is 7.82 Å². The molecule has 0 rings (SSSR count). The molecule has 0 aromatic heterocycles. The minimum atomic E-state index is -4.75. The Hall–Kier alpha value is -1.48. The number of phosphoric ester groups is 1. The average Bonchev–Trinajstić information content (AvgIpc) is 2.91. The maximum Gasteiger partial charge on any atom is 0.469 e. The van der Waals surface area contributed by atoms with Gasteiger partial charge < -0.3 is 24.6 Å². The van der Waals surface area contributed by atoms with E-state index < -0.39 is 32.5 Å². The van der Waals surface area contributed by atoms with Gasteiger partial charge in [-0.05, 0) is 19.3 Å². The highest BCUT2D eigenvalue weighted by molar-refractivity contribution is 7.46. The molecule has 1 atom stereocenters. The summed E-state index contributed by atoms with van der Waals surface area (Å²) in [5.41, 5.74) is 0. The zero-order valence-corrected chi connectivity index (χ0v) is 26.6. The van der Waals surface area contributed by atoms with Gasteiger partial charge in [0, 0.05) is 26.3 Å². The minimum Gasteiger partial charge on any atom is -0.462 e. The largest absolute Gasteiger partial charge is 0.469 e. The highest BCUT2D eigenvalue weighted by atomic mass is 31.2. The van der Waals surface area contributed by atoms with E-state index >= 15 is 0 Å². The van der Waals surface area contributed by atoms with E-state index in [4.69, 9.17) is 19.3 Å². The van der Waals surface area contributed by atoms with Gasteiger partial charge in [0.2, 0.25) is 5.91 Å². The number of carbonyl (C=O) groups excluding carboxylic acids is 3. The molecule has 10 nitrogen and oxygen atoms in total. The maximum atomic E-state index is 12.3. The van der Waals surface area contributed by atoms with Gasteiger partial charge in [0.25, 0.3) is 0 Å². The van der Waals surface area contributed by atoms with E-state index in [-0.39, 0.29) is 25.4 Å². The molecule has 0 radical (unpaired) electrons. The number of carbonyl (C=O) groups is 3. The van der Waals surface area contributed by atoms with E-state index in [9.17, 15) is 18.9 Å². The zero-order chi connectivity index (χ0) is 30.6. The smallest absolute Gasteiger partial charge is 0.462 e. The zero-order valence-electron chi connectivity index (χ0n) is 25.7. The van der Waals surface area contributed by atoms with Crippen LogP contribution in [0.3, 0.4) is 0 Å². The lowest BCUT2D eigenvalue weighted by atomic mass is 10.0. The van der Waals surface area contributed by atoms with Crippen molar-refractivity contribution in [1.82, 2.24) is 5.32 Å². The Morgan fingerprint density at radius 2 is 1.10 bits per heavy atom. The molecular weight excluding hydrogens is 549 g/mol. The van der Waals surface area contributed by atoms with Crippen molar-refractivity contribution in [2.75, 3.05) is 19.8 Å². The number of hydrogen-bond acceptors (Lipinski definition) is 7. The topological polar surface area (TPSA) is 148 Å². The Morgan fingerprint density at radius 1 is 0.659 bits per heavy atom. The summed E-state index contributed by atoms with van der Waals surface area (Å²) < 4.78 is 26.1. The van der Waals surface area contributed by atoms with Crippen LogP contribution in [0.15, 0.2) is 0 Å². The van der Waals surface area contributed by atoms with Crippen LogP contribution in [0.4, 0.5) is 0 Å². The molecule has 0 bridgehead atoms. The Labute approximate surface area is 248 Å². The van der Waals surface area contributed by atoms with Gasteiger partial charge in [0.1, 0.15) is 6.61 Å². The standard InChI is InChI=1S/C30H58NO9P/c1-3-4-5-6-7-8-9-10-11-13-17-20-23-30(34)40-28(26-39-41(35,36)37)25-38-29(33)22-19-16-14-12-15-18-21-24-31-27(2)32/h28H,3-26H2,1-2H3,(H,31,32)(H2,35,36,37)/t28-/m1/s1. The molecule has 0 spiro atoms. The monoisotopic (exact) mass is 607 g/mol. The number of amides is 1. The molecule has 242 valence electrons. The van der Waals surface area contributed by atoms with Gasteiger partial charge in [-0.2, -0.15) is 0 Å². The Morgan fingerprint density at radius 3 is 1.56 bits per heavy atom. The van der Waals surface area contributed by atoms with Crippen LogP contribution in [0.1, 0.15) is 149 Å². The Bertz CT molecular complexity index is 714. The van der Waals surface area contributed by atoms with Crippen molar-refractivity contribution >= 4 is 25.7 Å². The van der Waals surface area contributed by atoms with E-state index in [1.54, 1.807) is 0 Å². The summed E-state index contributed by atoms with van der Waals surface area (Å²) in [6, 6.07) is 0. The first-order valence-electron chi connectivity index (χ1n) is 15.9. The molecule has 0 saturated heterocycles. The number of phosphoric acid groups is 1. The highest BCUT2D eigenvalue weighted by Gasteiger charge is 2.22. The van der Waals surface area contributed by atoms with E-state index in [0.29, 0.717) is 19.4 Å². The van der Waals surface area contributed by atoms with Crippen molar-refractivity contribution in [3.8, 4) is 0 Å². The first kappa shape index (κ1) is 39.5. The number of hydrogen-bond donors (Lipinski definition) is 3. The number of esters is 2. The van der Waals surface area contributed by atoms with Crippen LogP contribution in [0, 0.1) is 0 Å². The van der Waals surface area contributed by atoms with Crippen molar-refractivity contribution in [3.63, 3.8) is 0 Å². The quantitative estimate of drug-likeness (QED) is 0.0469. The maximum absolute atomic E-state index is 12.3. The summed E-state index contributed by atoms with van der Waals surface area (Å²) in [5.74, 6) is -0.950. The predicted octanol–water partition coefficient (Wildman–Crippen LogP) is 6.90. The third-order valence-corrected chi connectivity index (χ3v) is 7.31. The molecule has 0 unspecified atom stereocenters. The molecular formula is C30H58NO9P. The molecule has 0 aromatic rings. The number of unbranched alkanes of at least 4 members (excludes halogenated alkanes) is 17. The van der Waals surface area contributed by atoms with Crippen LogP contribution in [0.5, 0.6) is 0 Å². The number of nitrogens with one attached hydrogen (secondary N) is 1. The first-order chi connectivity index (χ1) is 19.6. The van der Waals surface area contributed by atoms with E-state index in [1.165, 1.54) is 58.3 Å². The molecule has 3 N–H and O–H groups in total. The molecule has 0 fully saturated rings. The van der Waals surface area contributed by atoms with Gasteiger partial charge in [-0.1, -0.05) is 110 Å². The van der Waals surface area contributed by atoms with Crippen LogP contribution in [-0.2, 0) is 32.9 Å². The third kappa shape index (κ3) is 31.3. The molecule has 11 heteroatoms. The van der Waals surface area contributed by atoms with Crippen molar-refractivity contribution in [3.05, 3.63) is 0 Å². The van der Waals surface area contributed by atoms with Crippen molar-refractivity contribution in [2.45, 2.75) is 155 Å². The van der Waals surface area contributed by atoms with E-state index in [1.807, 2.05) is 0 Å². The van der Waals surface area contributed by atoms with Crippen LogP contribution in [0.2, 0.25) is 0 Å². The van der Waals surface area contributed by atoms with Crippen molar-refractivity contribution in [1.29, 1.82) is 0 Å². The summed E-state index contributed by atoms with van der Waals surface area (Å²) in [7, 11) is -4.75. The van der Waals surface area contributed by atoms with Crippen LogP contribution in [-0.4, -0.2) is 53.5 Å². The molecule has 0 aliphatic carbocycles. The van der Waals surface area contributed by atoms with Gasteiger partial charge in [-0.3, -0.25) is 18.9 Å². The second kappa shape index (κ2) is 27.4. The molecule has 41 heavy (non-hydrogen) atoms. The Kier molecular flexibility index (Phi) is 26.4. The summed E-state index contributed by atoms with van der Waals surface area (Å²) in [5, 5.41) is 2.78. The van der Waals surface area contributed by atoms with Crippen LogP contribution < -0.4 is 5.32 Å². The predicted molar refractivity (Wildman–Crippen MR) is 160 cm³/mol. The molecule has 0 aliphatic heterocycles. The van der Waals surface area contributed by atoms with Crippen molar-refractivity contribution in [2.24, 2.45) is 0 Å². The summed E-state index contributed by atoms with van der Waals surface area (Å²) in [4.78, 5) is 53.2. The molecule has 0 heterocycles. The summed E-state index contributed by atoms with van der Waals surface area (Å²) in [6.07, 6.45) is 20.2. The second-order valence-corrected chi connectivity index (χ2v) is 12.2. The summed E-state index contributed by atoms with van der Waals surface area (Å²) >= 11 is 0. The fourth-order valence-electron chi connectivity index (χ4n) is 4.45. The SMILES string of the molecule is CCCCCCCCCCCCCCC(=O)O[C@H](COC(=O)CCCCCCCCCNC(C)=O)COP(=O)(O)O. The van der Waals surface area contributed by atoms with Gasteiger partial charge in [0.05, 0.1) is 6.61 Å². The van der Waals surface area contributed by atoms with E-state index in [2.05, 4.69) is 16.8 Å². The lowest BCUT2D eigenvalue weighted by Gasteiger charge is -2.18. The lowest BCUT2D eigenvalue weighted by Crippen LogP contribution is -2.29. The van der Waals surface area contributed by atoms with E-state index in [0.717, 1.165) is 57.8 Å². The molecule has 0 aliphatic rings. The van der Waals surface area contributed by atoms with Gasteiger partial charge >= 0.3 is 19.8 Å². The fourth-order valence-corrected chi connectivity index (χ4v) is 4.81. The van der Waals surface area contributed by atoms with Gasteiger partial charge in [-0.25, -0.2) is 4.57 Å². The fraction of sp³-hybridized carbons (Fsp3) is 0.900. The molecule has 0 aromatic carbocycles. The third-order valence-electron chi connectivity index (χ3n) is 6.82. The Balaban J connectivity index is 4.01. The average molecular weight is 608 g/mol. The highest BCUT2D eigenvalue weighted by Crippen LogP contribution is 2.35. The number of rotatable bonds is 29. The van der Waals surface area contributed by atoms with Crippen LogP contribution in [0.25, 0.3) is 0 Å². The van der Waals surface area contributed by atoms with Gasteiger partial charge in [-0.15, -0.1) is 0 Å². The van der Waals surface area contributed by atoms with Crippen molar-refractivity contribution < 1.29 is 42.7 Å².